The first-order valence-corrected chi connectivity index (χ1v) is 5.26. The third-order valence-electron chi connectivity index (χ3n) is 1.82. The molecule has 1 fully saturated rings. The van der Waals surface area contributed by atoms with E-state index >= 15 is 0 Å². The molecule has 0 aromatic heterocycles. The normalized spacial score (nSPS) is 20.1. The summed E-state index contributed by atoms with van der Waals surface area (Å²) in [4.78, 5) is 0. The van der Waals surface area contributed by atoms with Gasteiger partial charge in [0.2, 0.25) is 0 Å². The monoisotopic (exact) mass is 286 g/mol. The summed E-state index contributed by atoms with van der Waals surface area (Å²) < 4.78 is 25.5. The zero-order valence-electron chi connectivity index (χ0n) is 6.62. The second kappa shape index (κ2) is 5.36. The molecule has 0 atom stereocenters. The van der Waals surface area contributed by atoms with Crippen molar-refractivity contribution in [3.05, 3.63) is 0 Å². The average Bonchev–Trinajstić information content (AvgIpc) is 1.85. The fourth-order valence-corrected chi connectivity index (χ4v) is 1.92. The predicted molar refractivity (Wildman–Crippen MR) is 41.1 cm³/mol. The Bertz CT molecular complexity index is 211. The smallest absolute Gasteiger partial charge is 0.255 e. The predicted octanol–water partition coefficient (Wildman–Crippen LogP) is 0.537. The molecule has 1 radical (unpaired) electrons. The van der Waals surface area contributed by atoms with E-state index in [1.165, 1.54) is 6.42 Å². The molecule has 2 N–H and O–H groups in total. The van der Waals surface area contributed by atoms with Crippen LogP contribution in [0.3, 0.4) is 0 Å². The van der Waals surface area contributed by atoms with Crippen LogP contribution in [-0.4, -0.2) is 14.5 Å². The van der Waals surface area contributed by atoms with Crippen LogP contribution in [-0.2, 0) is 36.9 Å². The minimum Gasteiger partial charge on any atom is -0.255 e. The second-order valence-electron chi connectivity index (χ2n) is 2.85. The van der Waals surface area contributed by atoms with Crippen molar-refractivity contribution < 1.29 is 35.0 Å². The molecule has 0 heterocycles. The zero-order valence-corrected chi connectivity index (χ0v) is 8.92. The Balaban J connectivity index is 0.00000121. The first-order valence-electron chi connectivity index (χ1n) is 3.79. The van der Waals surface area contributed by atoms with Crippen molar-refractivity contribution in [2.45, 2.75) is 38.2 Å². The Morgan fingerprint density at radius 3 is 2.08 bits per heavy atom. The SMILES string of the molecule is NS(=O)(=O)OC1CCCCC1.[Ag]. The zero-order chi connectivity index (χ0) is 8.32. The van der Waals surface area contributed by atoms with Crippen LogP contribution in [0.25, 0.3) is 0 Å². The maximum absolute atomic E-state index is 10.5. The Hall–Kier alpha value is 0.610. The summed E-state index contributed by atoms with van der Waals surface area (Å²) in [6.07, 6.45) is 4.72. The van der Waals surface area contributed by atoms with E-state index in [0.717, 1.165) is 25.7 Å². The minimum absolute atomic E-state index is 0. The Morgan fingerprint density at radius 2 is 1.67 bits per heavy atom. The summed E-state index contributed by atoms with van der Waals surface area (Å²) in [7, 11) is -3.72. The number of nitrogens with two attached hydrogens (primary N) is 1. The van der Waals surface area contributed by atoms with Gasteiger partial charge in [0, 0.05) is 22.4 Å². The fraction of sp³-hybridized carbons (Fsp3) is 1.00. The van der Waals surface area contributed by atoms with Crippen LogP contribution >= 0.6 is 0 Å². The van der Waals surface area contributed by atoms with Gasteiger partial charge in [-0.05, 0) is 12.8 Å². The van der Waals surface area contributed by atoms with Gasteiger partial charge in [-0.25, -0.2) is 5.14 Å². The maximum atomic E-state index is 10.5. The molecule has 0 unspecified atom stereocenters. The Morgan fingerprint density at radius 1 is 1.17 bits per heavy atom. The van der Waals surface area contributed by atoms with E-state index < -0.39 is 10.3 Å². The van der Waals surface area contributed by atoms with E-state index in [-0.39, 0.29) is 28.5 Å². The van der Waals surface area contributed by atoms with Crippen LogP contribution in [0.2, 0.25) is 0 Å². The molecule has 0 bridgehead atoms. The van der Waals surface area contributed by atoms with E-state index in [0.29, 0.717) is 0 Å². The van der Waals surface area contributed by atoms with Gasteiger partial charge in [-0.1, -0.05) is 19.3 Å². The topological polar surface area (TPSA) is 69.4 Å². The first kappa shape index (κ1) is 12.6. The Labute approximate surface area is 88.6 Å². The molecule has 12 heavy (non-hydrogen) atoms. The molecule has 1 aliphatic rings. The molecule has 1 saturated carbocycles. The molecule has 0 spiro atoms. The molecule has 1 aliphatic carbocycles. The molecule has 77 valence electrons. The van der Waals surface area contributed by atoms with Crippen molar-refractivity contribution in [2.75, 3.05) is 0 Å². The summed E-state index contributed by atoms with van der Waals surface area (Å²) in [5.41, 5.74) is 0. The van der Waals surface area contributed by atoms with Crippen LogP contribution < -0.4 is 5.14 Å². The van der Waals surface area contributed by atoms with E-state index in [4.69, 9.17) is 5.14 Å². The van der Waals surface area contributed by atoms with Gasteiger partial charge in [0.1, 0.15) is 0 Å². The summed E-state index contributed by atoms with van der Waals surface area (Å²) in [6, 6.07) is 0. The molecule has 0 saturated heterocycles. The van der Waals surface area contributed by atoms with Gasteiger partial charge in [-0.15, -0.1) is 0 Å². The van der Waals surface area contributed by atoms with Crippen molar-refractivity contribution in [3.63, 3.8) is 0 Å². The fourth-order valence-electron chi connectivity index (χ4n) is 1.35. The number of rotatable bonds is 2. The van der Waals surface area contributed by atoms with Crippen molar-refractivity contribution in [1.29, 1.82) is 0 Å². The van der Waals surface area contributed by atoms with Gasteiger partial charge in [0.05, 0.1) is 6.10 Å². The molecule has 0 aliphatic heterocycles. The van der Waals surface area contributed by atoms with Crippen LogP contribution in [0.4, 0.5) is 0 Å². The number of hydrogen-bond acceptors (Lipinski definition) is 3. The van der Waals surface area contributed by atoms with Crippen molar-refractivity contribution in [2.24, 2.45) is 5.14 Å². The standard InChI is InChI=1S/C6H13NO3S.Ag/c7-11(8,9)10-6-4-2-1-3-5-6;/h6H,1-5H2,(H2,7,8,9);. The van der Waals surface area contributed by atoms with Gasteiger partial charge in [-0.3, -0.25) is 4.18 Å². The van der Waals surface area contributed by atoms with Crippen molar-refractivity contribution in [1.82, 2.24) is 0 Å². The van der Waals surface area contributed by atoms with Crippen LogP contribution in [0, 0.1) is 0 Å². The van der Waals surface area contributed by atoms with Gasteiger partial charge in [0.15, 0.2) is 0 Å². The van der Waals surface area contributed by atoms with E-state index in [1.807, 2.05) is 0 Å². The van der Waals surface area contributed by atoms with Crippen LogP contribution in [0.1, 0.15) is 32.1 Å². The summed E-state index contributed by atoms with van der Waals surface area (Å²) >= 11 is 0. The minimum atomic E-state index is -3.72. The van der Waals surface area contributed by atoms with Gasteiger partial charge in [0.25, 0.3) is 0 Å². The van der Waals surface area contributed by atoms with Crippen LogP contribution in [0.15, 0.2) is 0 Å². The molecule has 1 rings (SSSR count). The van der Waals surface area contributed by atoms with E-state index in [1.54, 1.807) is 0 Å². The molecule has 0 aromatic carbocycles. The largest absolute Gasteiger partial charge is 0.333 e. The molecular weight excluding hydrogens is 274 g/mol. The summed E-state index contributed by atoms with van der Waals surface area (Å²) in [5, 5.41) is 4.72. The van der Waals surface area contributed by atoms with Gasteiger partial charge in [-0.2, -0.15) is 8.42 Å². The molecule has 0 aromatic rings. The second-order valence-corrected chi connectivity index (χ2v) is 4.03. The molecular formula is C6H13AgNO3S. The third-order valence-corrected chi connectivity index (χ3v) is 2.36. The molecule has 0 amide bonds. The third kappa shape index (κ3) is 5.29. The summed E-state index contributed by atoms with van der Waals surface area (Å²) in [6.45, 7) is 0. The Kier molecular flexibility index (Phi) is 5.64. The average molecular weight is 287 g/mol. The van der Waals surface area contributed by atoms with Gasteiger partial charge < -0.3 is 0 Å². The van der Waals surface area contributed by atoms with Crippen molar-refractivity contribution in [3.8, 4) is 0 Å². The molecule has 6 heteroatoms. The quantitative estimate of drug-likeness (QED) is 0.753. The number of hydrogen-bond donors (Lipinski definition) is 1. The first-order chi connectivity index (χ1) is 5.08. The van der Waals surface area contributed by atoms with Crippen LogP contribution in [0.5, 0.6) is 0 Å². The molecule has 4 nitrogen and oxygen atoms in total. The maximum Gasteiger partial charge on any atom is 0.333 e. The van der Waals surface area contributed by atoms with E-state index in [9.17, 15) is 8.42 Å². The van der Waals surface area contributed by atoms with Crippen molar-refractivity contribution >= 4 is 10.3 Å². The van der Waals surface area contributed by atoms with E-state index in [2.05, 4.69) is 4.18 Å². The summed E-state index contributed by atoms with van der Waals surface area (Å²) in [5.74, 6) is 0. The van der Waals surface area contributed by atoms with Gasteiger partial charge >= 0.3 is 10.3 Å².